The molecule has 0 bridgehead atoms. The van der Waals surface area contributed by atoms with Gasteiger partial charge in [0.1, 0.15) is 11.3 Å². The van der Waals surface area contributed by atoms with Crippen molar-refractivity contribution in [3.63, 3.8) is 0 Å². The Kier molecular flexibility index (Phi) is 5.09. The van der Waals surface area contributed by atoms with E-state index in [-0.39, 0.29) is 16.6 Å². The van der Waals surface area contributed by atoms with Crippen molar-refractivity contribution < 1.29 is 23.5 Å². The molecule has 0 saturated carbocycles. The molecule has 1 aliphatic rings. The molecule has 2 heterocycles. The van der Waals surface area contributed by atoms with E-state index < -0.39 is 17.9 Å². The first kappa shape index (κ1) is 19.4. The van der Waals surface area contributed by atoms with Crippen LogP contribution in [0.25, 0.3) is 11.0 Å². The average molecular weight is 383 g/mol. The third kappa shape index (κ3) is 3.09. The van der Waals surface area contributed by atoms with Gasteiger partial charge in [0, 0.05) is 23.0 Å². The Labute approximate surface area is 161 Å². The highest BCUT2D eigenvalue weighted by atomic mass is 16.5. The highest BCUT2D eigenvalue weighted by molar-refractivity contribution is 6.01. The van der Waals surface area contributed by atoms with Gasteiger partial charge in [0.15, 0.2) is 5.43 Å². The standard InChI is InChI=1S/C21H21NO6/c1-10-9-15(23)13-7-6-8-14(19(13)28-10)18-16(20(24)26-4)11(2)22-12(3)17(18)21(25)27-5/h6-9,18,22H,1-5H3. The van der Waals surface area contributed by atoms with Crippen molar-refractivity contribution in [1.29, 1.82) is 0 Å². The maximum absolute atomic E-state index is 12.6. The van der Waals surface area contributed by atoms with Gasteiger partial charge in [-0.1, -0.05) is 12.1 Å². The summed E-state index contributed by atoms with van der Waals surface area (Å²) in [4.78, 5) is 37.6. The molecule has 1 aliphatic heterocycles. The minimum atomic E-state index is -0.810. The number of carbonyl (C=O) groups excluding carboxylic acids is 2. The predicted molar refractivity (Wildman–Crippen MR) is 103 cm³/mol. The molecule has 0 saturated heterocycles. The Bertz CT molecular complexity index is 1070. The van der Waals surface area contributed by atoms with Gasteiger partial charge < -0.3 is 19.2 Å². The van der Waals surface area contributed by atoms with Crippen LogP contribution in [0.5, 0.6) is 0 Å². The van der Waals surface area contributed by atoms with E-state index in [0.717, 1.165) is 0 Å². The topological polar surface area (TPSA) is 94.8 Å². The number of para-hydroxylation sites is 1. The highest BCUT2D eigenvalue weighted by Gasteiger charge is 2.39. The number of ether oxygens (including phenoxy) is 2. The molecule has 28 heavy (non-hydrogen) atoms. The number of carbonyl (C=O) groups is 2. The molecule has 0 fully saturated rings. The maximum atomic E-state index is 12.6. The van der Waals surface area contributed by atoms with E-state index in [1.807, 2.05) is 0 Å². The van der Waals surface area contributed by atoms with Crippen molar-refractivity contribution in [2.75, 3.05) is 14.2 Å². The largest absolute Gasteiger partial charge is 0.466 e. The molecule has 146 valence electrons. The smallest absolute Gasteiger partial charge is 0.336 e. The Morgan fingerprint density at radius 2 is 1.57 bits per heavy atom. The first-order chi connectivity index (χ1) is 13.3. The van der Waals surface area contributed by atoms with Crippen molar-refractivity contribution in [1.82, 2.24) is 5.32 Å². The van der Waals surface area contributed by atoms with Crippen LogP contribution in [0.2, 0.25) is 0 Å². The number of esters is 2. The van der Waals surface area contributed by atoms with E-state index in [1.54, 1.807) is 39.0 Å². The number of methoxy groups -OCH3 is 2. The molecule has 2 aromatic rings. The minimum absolute atomic E-state index is 0.199. The summed E-state index contributed by atoms with van der Waals surface area (Å²) >= 11 is 0. The lowest BCUT2D eigenvalue weighted by Gasteiger charge is -2.30. The Morgan fingerprint density at radius 3 is 2.11 bits per heavy atom. The fourth-order valence-corrected chi connectivity index (χ4v) is 3.61. The number of allylic oxidation sites excluding steroid dienone is 2. The fourth-order valence-electron chi connectivity index (χ4n) is 3.61. The Balaban J connectivity index is 2.41. The van der Waals surface area contributed by atoms with Crippen molar-refractivity contribution in [3.05, 3.63) is 68.4 Å². The Morgan fingerprint density at radius 1 is 1.00 bits per heavy atom. The summed E-state index contributed by atoms with van der Waals surface area (Å²) < 4.78 is 15.8. The van der Waals surface area contributed by atoms with Gasteiger partial charge in [0.25, 0.3) is 0 Å². The molecular weight excluding hydrogens is 362 g/mol. The summed E-state index contributed by atoms with van der Waals surface area (Å²) in [7, 11) is 2.55. The van der Waals surface area contributed by atoms with Gasteiger partial charge in [-0.25, -0.2) is 9.59 Å². The van der Waals surface area contributed by atoms with Crippen LogP contribution in [0.15, 0.2) is 56.0 Å². The third-order valence-corrected chi connectivity index (χ3v) is 4.79. The van der Waals surface area contributed by atoms with Gasteiger partial charge in [0.2, 0.25) is 0 Å². The second-order valence-corrected chi connectivity index (χ2v) is 6.56. The van der Waals surface area contributed by atoms with Crippen LogP contribution in [-0.4, -0.2) is 26.2 Å². The normalized spacial score (nSPS) is 14.9. The number of dihydropyridines is 1. The van der Waals surface area contributed by atoms with Crippen LogP contribution in [-0.2, 0) is 19.1 Å². The molecular formula is C21H21NO6. The molecule has 0 aliphatic carbocycles. The van der Waals surface area contributed by atoms with Gasteiger partial charge in [-0.15, -0.1) is 0 Å². The molecule has 0 amide bonds. The molecule has 0 radical (unpaired) electrons. The first-order valence-corrected chi connectivity index (χ1v) is 8.68. The number of nitrogens with one attached hydrogen (secondary N) is 1. The number of hydrogen-bond donors (Lipinski definition) is 1. The second kappa shape index (κ2) is 7.34. The summed E-state index contributed by atoms with van der Waals surface area (Å²) in [6.45, 7) is 5.12. The zero-order valence-electron chi connectivity index (χ0n) is 16.3. The van der Waals surface area contributed by atoms with Crippen LogP contribution < -0.4 is 10.7 Å². The summed E-state index contributed by atoms with van der Waals surface area (Å²) in [5.41, 5.74) is 2.25. The zero-order valence-corrected chi connectivity index (χ0v) is 16.3. The lowest BCUT2D eigenvalue weighted by Crippen LogP contribution is -2.32. The molecule has 0 spiro atoms. The van der Waals surface area contributed by atoms with Crippen LogP contribution in [0.4, 0.5) is 0 Å². The van der Waals surface area contributed by atoms with Gasteiger partial charge >= 0.3 is 11.9 Å². The lowest BCUT2D eigenvalue weighted by atomic mass is 9.79. The van der Waals surface area contributed by atoms with Crippen LogP contribution in [0, 0.1) is 6.92 Å². The van der Waals surface area contributed by atoms with E-state index in [9.17, 15) is 14.4 Å². The first-order valence-electron chi connectivity index (χ1n) is 8.68. The van der Waals surface area contributed by atoms with Crippen LogP contribution >= 0.6 is 0 Å². The van der Waals surface area contributed by atoms with Gasteiger partial charge in [-0.05, 0) is 26.8 Å². The fraction of sp³-hybridized carbons (Fsp3) is 0.286. The monoisotopic (exact) mass is 383 g/mol. The second-order valence-electron chi connectivity index (χ2n) is 6.56. The molecule has 1 N–H and O–H groups in total. The molecule has 1 aromatic heterocycles. The minimum Gasteiger partial charge on any atom is -0.466 e. The number of benzene rings is 1. The maximum Gasteiger partial charge on any atom is 0.336 e. The summed E-state index contributed by atoms with van der Waals surface area (Å²) in [5.74, 6) is -1.55. The van der Waals surface area contributed by atoms with E-state index in [1.165, 1.54) is 20.3 Å². The van der Waals surface area contributed by atoms with Crippen LogP contribution in [0.1, 0.15) is 31.1 Å². The SMILES string of the molecule is COC(=O)C1=C(C)NC(C)=C(C(=O)OC)C1c1cccc2c(=O)cc(C)oc12. The molecule has 7 nitrogen and oxygen atoms in total. The predicted octanol–water partition coefficient (Wildman–Crippen LogP) is 2.68. The van der Waals surface area contributed by atoms with Gasteiger partial charge in [0.05, 0.1) is 36.7 Å². The molecule has 3 rings (SSSR count). The molecule has 7 heteroatoms. The average Bonchev–Trinajstić information content (AvgIpc) is 2.66. The summed E-state index contributed by atoms with van der Waals surface area (Å²) in [5, 5.41) is 3.41. The number of fused-ring (bicyclic) bond motifs is 1. The quantitative estimate of drug-likeness (QED) is 0.814. The number of hydrogen-bond acceptors (Lipinski definition) is 7. The third-order valence-electron chi connectivity index (χ3n) is 4.79. The van der Waals surface area contributed by atoms with Crippen molar-refractivity contribution in [2.45, 2.75) is 26.7 Å². The molecule has 1 aromatic carbocycles. The van der Waals surface area contributed by atoms with E-state index >= 15 is 0 Å². The molecule has 0 unspecified atom stereocenters. The highest BCUT2D eigenvalue weighted by Crippen LogP contribution is 2.41. The van der Waals surface area contributed by atoms with Crippen molar-refractivity contribution in [2.24, 2.45) is 0 Å². The van der Waals surface area contributed by atoms with Crippen molar-refractivity contribution in [3.8, 4) is 0 Å². The zero-order chi connectivity index (χ0) is 20.6. The van der Waals surface area contributed by atoms with E-state index in [0.29, 0.717) is 33.7 Å². The summed E-state index contributed by atoms with van der Waals surface area (Å²) in [6.07, 6.45) is 0. The Hall–Kier alpha value is -3.35. The summed E-state index contributed by atoms with van der Waals surface area (Å²) in [6, 6.07) is 6.47. The van der Waals surface area contributed by atoms with Gasteiger partial charge in [-0.2, -0.15) is 0 Å². The lowest BCUT2D eigenvalue weighted by molar-refractivity contribution is -0.137. The number of aryl methyl sites for hydroxylation is 1. The van der Waals surface area contributed by atoms with E-state index in [4.69, 9.17) is 13.9 Å². The van der Waals surface area contributed by atoms with Crippen molar-refractivity contribution >= 4 is 22.9 Å². The van der Waals surface area contributed by atoms with E-state index in [2.05, 4.69) is 5.32 Å². The number of rotatable bonds is 3. The molecule has 0 atom stereocenters. The van der Waals surface area contributed by atoms with Gasteiger partial charge in [-0.3, -0.25) is 4.79 Å². The van der Waals surface area contributed by atoms with Crippen LogP contribution in [0.3, 0.4) is 0 Å².